The third-order valence-electron chi connectivity index (χ3n) is 5.35. The molecule has 30 heavy (non-hydrogen) atoms. The number of carbonyl (C=O) groups is 1. The van der Waals surface area contributed by atoms with Gasteiger partial charge in [-0.15, -0.1) is 24.0 Å². The van der Waals surface area contributed by atoms with E-state index in [9.17, 15) is 4.79 Å². The number of aliphatic imine (C=N–C) groups is 1. The zero-order chi connectivity index (χ0) is 20.6. The number of aromatic amines is 1. The molecular weight excluding hydrogens is 493 g/mol. The molecule has 2 aromatic rings. The van der Waals surface area contributed by atoms with E-state index in [1.54, 1.807) is 19.0 Å². The highest BCUT2D eigenvalue weighted by Crippen LogP contribution is 2.22. The normalized spacial score (nSPS) is 16.4. The topological polar surface area (TPSA) is 81.8 Å². The number of fused-ring (bicyclic) bond motifs is 1. The van der Waals surface area contributed by atoms with Crippen molar-refractivity contribution in [1.29, 1.82) is 0 Å². The van der Waals surface area contributed by atoms with Gasteiger partial charge in [-0.3, -0.25) is 4.79 Å². The highest BCUT2D eigenvalue weighted by atomic mass is 127. The maximum absolute atomic E-state index is 11.9. The Hall–Kier alpha value is -1.81. The number of nitrogens with zero attached hydrogens (tertiary/aromatic N) is 2. The van der Waals surface area contributed by atoms with Gasteiger partial charge in [-0.05, 0) is 36.8 Å². The first-order valence-electron chi connectivity index (χ1n) is 10.5. The van der Waals surface area contributed by atoms with Crippen LogP contribution in [0.3, 0.4) is 0 Å². The summed E-state index contributed by atoms with van der Waals surface area (Å²) in [6, 6.07) is 6.46. The lowest BCUT2D eigenvalue weighted by Gasteiger charge is -2.16. The predicted octanol–water partition coefficient (Wildman–Crippen LogP) is 2.69. The summed E-state index contributed by atoms with van der Waals surface area (Å²) in [5.74, 6) is 0.636. The molecule has 1 aromatic carbocycles. The molecule has 166 valence electrons. The fourth-order valence-corrected chi connectivity index (χ4v) is 3.57. The molecule has 0 spiro atoms. The maximum Gasteiger partial charge on any atom is 0.243 e. The SMILES string of the molecule is CCc1cccc2c(CCNC(=NCC(=O)N(C)C)NCC3CCCO3)c[nH]c12.I. The van der Waals surface area contributed by atoms with Crippen LogP contribution in [0.4, 0.5) is 0 Å². The molecule has 1 unspecified atom stereocenters. The number of rotatable bonds is 8. The molecule has 0 radical (unpaired) electrons. The summed E-state index contributed by atoms with van der Waals surface area (Å²) in [6.45, 7) is 4.56. The number of hydrogen-bond acceptors (Lipinski definition) is 3. The summed E-state index contributed by atoms with van der Waals surface area (Å²) in [4.78, 5) is 21.3. The van der Waals surface area contributed by atoms with Crippen LogP contribution in [0.2, 0.25) is 0 Å². The first kappa shape index (κ1) is 24.5. The van der Waals surface area contributed by atoms with E-state index in [4.69, 9.17) is 4.74 Å². The van der Waals surface area contributed by atoms with Gasteiger partial charge in [0.15, 0.2) is 5.96 Å². The van der Waals surface area contributed by atoms with Crippen LogP contribution in [-0.4, -0.2) is 68.2 Å². The molecule has 1 aromatic heterocycles. The molecule has 1 fully saturated rings. The van der Waals surface area contributed by atoms with Gasteiger partial charge in [-0.25, -0.2) is 4.99 Å². The third-order valence-corrected chi connectivity index (χ3v) is 5.35. The summed E-state index contributed by atoms with van der Waals surface area (Å²) in [7, 11) is 3.48. The zero-order valence-electron chi connectivity index (χ0n) is 18.2. The minimum Gasteiger partial charge on any atom is -0.376 e. The molecule has 3 N–H and O–H groups in total. The number of nitrogens with one attached hydrogen (secondary N) is 3. The number of benzene rings is 1. The zero-order valence-corrected chi connectivity index (χ0v) is 20.5. The number of aryl methyl sites for hydroxylation is 1. The molecule has 0 saturated carbocycles. The highest BCUT2D eigenvalue weighted by Gasteiger charge is 2.16. The minimum absolute atomic E-state index is 0. The van der Waals surface area contributed by atoms with E-state index in [2.05, 4.69) is 51.9 Å². The van der Waals surface area contributed by atoms with E-state index < -0.39 is 0 Å². The van der Waals surface area contributed by atoms with Crippen LogP contribution in [0.5, 0.6) is 0 Å². The van der Waals surface area contributed by atoms with Crippen LogP contribution in [0, 0.1) is 0 Å². The van der Waals surface area contributed by atoms with E-state index in [1.807, 2.05) is 0 Å². The Balaban J connectivity index is 0.00000320. The van der Waals surface area contributed by atoms with E-state index in [1.165, 1.54) is 22.0 Å². The Morgan fingerprint density at radius 3 is 2.83 bits per heavy atom. The van der Waals surface area contributed by atoms with E-state index >= 15 is 0 Å². The number of hydrogen-bond donors (Lipinski definition) is 3. The van der Waals surface area contributed by atoms with Gasteiger partial charge >= 0.3 is 0 Å². The number of H-pyrrole nitrogens is 1. The maximum atomic E-state index is 11.9. The number of ether oxygens (including phenoxy) is 1. The molecule has 0 aliphatic carbocycles. The van der Waals surface area contributed by atoms with Crippen LogP contribution >= 0.6 is 24.0 Å². The molecule has 3 rings (SSSR count). The van der Waals surface area contributed by atoms with E-state index in [-0.39, 0.29) is 42.5 Å². The first-order valence-corrected chi connectivity index (χ1v) is 10.5. The predicted molar refractivity (Wildman–Crippen MR) is 133 cm³/mol. The Morgan fingerprint density at radius 1 is 1.30 bits per heavy atom. The van der Waals surface area contributed by atoms with Crippen LogP contribution in [0.1, 0.15) is 30.9 Å². The van der Waals surface area contributed by atoms with E-state index in [0.717, 1.165) is 38.8 Å². The quantitative estimate of drug-likeness (QED) is 0.280. The molecular formula is C22H34IN5O2. The molecule has 8 heteroatoms. The fourth-order valence-electron chi connectivity index (χ4n) is 3.57. The summed E-state index contributed by atoms with van der Waals surface area (Å²) in [6.07, 6.45) is 6.36. The summed E-state index contributed by atoms with van der Waals surface area (Å²) >= 11 is 0. The van der Waals surface area contributed by atoms with Crippen molar-refractivity contribution in [2.24, 2.45) is 4.99 Å². The van der Waals surface area contributed by atoms with Gasteiger partial charge in [-0.2, -0.15) is 0 Å². The lowest BCUT2D eigenvalue weighted by atomic mass is 10.1. The Morgan fingerprint density at radius 2 is 2.13 bits per heavy atom. The van der Waals surface area contributed by atoms with Crippen molar-refractivity contribution < 1.29 is 9.53 Å². The Kier molecular flexibility index (Phi) is 9.90. The molecule has 1 amide bonds. The minimum atomic E-state index is -0.0214. The summed E-state index contributed by atoms with van der Waals surface area (Å²) in [5.41, 5.74) is 3.85. The number of halogens is 1. The van der Waals surface area contributed by atoms with Gasteiger partial charge in [0.2, 0.25) is 5.91 Å². The van der Waals surface area contributed by atoms with Gasteiger partial charge in [0.25, 0.3) is 0 Å². The second kappa shape index (κ2) is 12.1. The van der Waals surface area contributed by atoms with Gasteiger partial charge in [0.05, 0.1) is 6.10 Å². The van der Waals surface area contributed by atoms with Gasteiger partial charge in [0.1, 0.15) is 6.54 Å². The molecule has 2 heterocycles. The third kappa shape index (κ3) is 6.60. The van der Waals surface area contributed by atoms with Crippen molar-refractivity contribution in [3.8, 4) is 0 Å². The summed E-state index contributed by atoms with van der Waals surface area (Å²) in [5, 5.41) is 7.97. The van der Waals surface area contributed by atoms with Gasteiger partial charge in [0, 0.05) is 50.9 Å². The van der Waals surface area contributed by atoms with Crippen LogP contribution in [-0.2, 0) is 22.4 Å². The van der Waals surface area contributed by atoms with Gasteiger partial charge in [-0.1, -0.05) is 25.1 Å². The average Bonchev–Trinajstić information content (AvgIpc) is 3.39. The monoisotopic (exact) mass is 527 g/mol. The van der Waals surface area contributed by atoms with Crippen molar-refractivity contribution in [1.82, 2.24) is 20.5 Å². The van der Waals surface area contributed by atoms with Crippen molar-refractivity contribution in [3.05, 3.63) is 35.5 Å². The Bertz CT molecular complexity index is 843. The average molecular weight is 527 g/mol. The number of likely N-dealkylation sites (N-methyl/N-ethyl adjacent to an activating group) is 1. The highest BCUT2D eigenvalue weighted by molar-refractivity contribution is 14.0. The molecule has 1 aliphatic rings. The molecule has 1 saturated heterocycles. The largest absolute Gasteiger partial charge is 0.376 e. The smallest absolute Gasteiger partial charge is 0.243 e. The molecule has 1 aliphatic heterocycles. The van der Waals surface area contributed by atoms with Crippen LogP contribution in [0.15, 0.2) is 29.4 Å². The van der Waals surface area contributed by atoms with Crippen molar-refractivity contribution in [2.45, 2.75) is 38.7 Å². The van der Waals surface area contributed by atoms with Crippen molar-refractivity contribution in [3.63, 3.8) is 0 Å². The number of amides is 1. The lowest BCUT2D eigenvalue weighted by Crippen LogP contribution is -2.42. The fraction of sp³-hybridized carbons (Fsp3) is 0.545. The van der Waals surface area contributed by atoms with Crippen molar-refractivity contribution in [2.75, 3.05) is 40.3 Å². The number of carbonyl (C=O) groups excluding carboxylic acids is 1. The standard InChI is InChI=1S/C22H33N5O2.HI/c1-4-16-7-5-9-19-17(13-24-21(16)19)10-11-23-22(26-15-20(28)27(2)3)25-14-18-8-6-12-29-18;/h5,7,9,13,18,24H,4,6,8,10-12,14-15H2,1-3H3,(H2,23,25,26);1H. The van der Waals surface area contributed by atoms with Gasteiger partial charge < -0.3 is 25.3 Å². The molecule has 1 atom stereocenters. The molecule has 0 bridgehead atoms. The number of para-hydroxylation sites is 1. The second-order valence-electron chi connectivity index (χ2n) is 7.65. The number of aromatic nitrogens is 1. The summed E-state index contributed by atoms with van der Waals surface area (Å²) < 4.78 is 5.68. The lowest BCUT2D eigenvalue weighted by molar-refractivity contribution is -0.127. The van der Waals surface area contributed by atoms with Crippen LogP contribution in [0.25, 0.3) is 10.9 Å². The van der Waals surface area contributed by atoms with Crippen LogP contribution < -0.4 is 10.6 Å². The van der Waals surface area contributed by atoms with Crippen molar-refractivity contribution >= 4 is 46.7 Å². The Labute approximate surface area is 196 Å². The number of guanidine groups is 1. The van der Waals surface area contributed by atoms with E-state index in [0.29, 0.717) is 12.5 Å². The first-order chi connectivity index (χ1) is 14.1. The molecule has 7 nitrogen and oxygen atoms in total. The second-order valence-corrected chi connectivity index (χ2v) is 7.65.